The van der Waals surface area contributed by atoms with Crippen molar-refractivity contribution in [1.82, 2.24) is 20.1 Å². The molecule has 2 N–H and O–H groups in total. The standard InChI is InChI=1S/C15H16N4O2/c1-19-9-7-13(18-19)6-8-16-15(21)14-5-4-12(11-17-14)3-2-10-20/h4-5,7,9,11,20H,6,8,10H2,1H3,(H,16,21). The molecule has 2 heterocycles. The monoisotopic (exact) mass is 284 g/mol. The third kappa shape index (κ3) is 4.44. The van der Waals surface area contributed by atoms with Gasteiger partial charge < -0.3 is 10.4 Å². The molecule has 0 fully saturated rings. The predicted molar refractivity (Wildman–Crippen MR) is 77.4 cm³/mol. The average molecular weight is 284 g/mol. The molecule has 0 saturated heterocycles. The van der Waals surface area contributed by atoms with Crippen LogP contribution in [0.5, 0.6) is 0 Å². The largest absolute Gasteiger partial charge is 0.384 e. The normalized spacial score (nSPS) is 9.81. The van der Waals surface area contributed by atoms with Gasteiger partial charge in [0.05, 0.1) is 5.69 Å². The van der Waals surface area contributed by atoms with Gasteiger partial charge in [-0.05, 0) is 18.2 Å². The fourth-order valence-corrected chi connectivity index (χ4v) is 1.73. The van der Waals surface area contributed by atoms with Crippen molar-refractivity contribution in [1.29, 1.82) is 0 Å². The zero-order chi connectivity index (χ0) is 15.1. The number of nitrogens with zero attached hydrogens (tertiary/aromatic N) is 3. The molecular weight excluding hydrogens is 268 g/mol. The van der Waals surface area contributed by atoms with Crippen LogP contribution in [-0.2, 0) is 13.5 Å². The van der Waals surface area contributed by atoms with Gasteiger partial charge in [0.15, 0.2) is 0 Å². The first-order chi connectivity index (χ1) is 10.2. The molecule has 0 aliphatic heterocycles. The fourth-order valence-electron chi connectivity index (χ4n) is 1.73. The Bertz CT molecular complexity index is 665. The Morgan fingerprint density at radius 3 is 2.90 bits per heavy atom. The molecule has 108 valence electrons. The van der Waals surface area contributed by atoms with Crippen LogP contribution in [0, 0.1) is 11.8 Å². The molecular formula is C15H16N4O2. The third-order valence-corrected chi connectivity index (χ3v) is 2.74. The Balaban J connectivity index is 1.85. The number of aliphatic hydroxyl groups is 1. The van der Waals surface area contributed by atoms with Gasteiger partial charge in [-0.3, -0.25) is 9.48 Å². The summed E-state index contributed by atoms with van der Waals surface area (Å²) in [6.07, 6.45) is 4.05. The minimum absolute atomic E-state index is 0.199. The Morgan fingerprint density at radius 2 is 2.29 bits per heavy atom. The van der Waals surface area contributed by atoms with Crippen LogP contribution >= 0.6 is 0 Å². The number of aromatic nitrogens is 3. The number of pyridine rings is 1. The number of aryl methyl sites for hydroxylation is 1. The lowest BCUT2D eigenvalue weighted by atomic mass is 10.2. The van der Waals surface area contributed by atoms with E-state index in [4.69, 9.17) is 5.11 Å². The van der Waals surface area contributed by atoms with Gasteiger partial charge in [0.25, 0.3) is 5.91 Å². The number of nitrogens with one attached hydrogen (secondary N) is 1. The van der Waals surface area contributed by atoms with E-state index in [1.165, 1.54) is 6.20 Å². The number of amides is 1. The Labute approximate surface area is 122 Å². The van der Waals surface area contributed by atoms with Crippen LogP contribution in [0.15, 0.2) is 30.6 Å². The maximum Gasteiger partial charge on any atom is 0.269 e. The molecule has 0 spiro atoms. The molecule has 2 rings (SSSR count). The maximum atomic E-state index is 11.9. The minimum Gasteiger partial charge on any atom is -0.384 e. The van der Waals surface area contributed by atoms with Crippen molar-refractivity contribution in [3.8, 4) is 11.8 Å². The topological polar surface area (TPSA) is 80.0 Å². The van der Waals surface area contributed by atoms with Crippen LogP contribution in [0.25, 0.3) is 0 Å². The Hall–Kier alpha value is -2.65. The summed E-state index contributed by atoms with van der Waals surface area (Å²) in [5.74, 6) is 5.02. The molecule has 21 heavy (non-hydrogen) atoms. The predicted octanol–water partition coefficient (Wildman–Crippen LogP) is 0.131. The van der Waals surface area contributed by atoms with Crippen LogP contribution in [0.3, 0.4) is 0 Å². The van der Waals surface area contributed by atoms with Crippen LogP contribution in [0.2, 0.25) is 0 Å². The van der Waals surface area contributed by atoms with E-state index < -0.39 is 0 Å². The lowest BCUT2D eigenvalue weighted by Gasteiger charge is -2.03. The van der Waals surface area contributed by atoms with Crippen molar-refractivity contribution in [3.63, 3.8) is 0 Å². The molecule has 0 aromatic carbocycles. The summed E-state index contributed by atoms with van der Waals surface area (Å²) in [4.78, 5) is 15.9. The van der Waals surface area contributed by atoms with Crippen molar-refractivity contribution < 1.29 is 9.90 Å². The third-order valence-electron chi connectivity index (χ3n) is 2.74. The van der Waals surface area contributed by atoms with E-state index in [1.807, 2.05) is 19.3 Å². The lowest BCUT2D eigenvalue weighted by molar-refractivity contribution is 0.0949. The molecule has 6 heteroatoms. The second kappa shape index (κ2) is 7.22. The molecule has 1 amide bonds. The molecule has 2 aromatic rings. The minimum atomic E-state index is -0.229. The number of aliphatic hydroxyl groups excluding tert-OH is 1. The van der Waals surface area contributed by atoms with E-state index in [2.05, 4.69) is 27.2 Å². The molecule has 0 atom stereocenters. The van der Waals surface area contributed by atoms with Gasteiger partial charge >= 0.3 is 0 Å². The summed E-state index contributed by atoms with van der Waals surface area (Å²) in [5.41, 5.74) is 1.93. The first-order valence-electron chi connectivity index (χ1n) is 6.51. The summed E-state index contributed by atoms with van der Waals surface area (Å²) >= 11 is 0. The van der Waals surface area contributed by atoms with E-state index in [1.54, 1.807) is 16.8 Å². The van der Waals surface area contributed by atoms with Gasteiger partial charge in [-0.25, -0.2) is 4.98 Å². The van der Waals surface area contributed by atoms with Crippen molar-refractivity contribution in [2.75, 3.05) is 13.2 Å². The van der Waals surface area contributed by atoms with E-state index >= 15 is 0 Å². The second-order valence-electron chi connectivity index (χ2n) is 4.38. The Kier molecular flexibility index (Phi) is 5.07. The number of carbonyl (C=O) groups excluding carboxylic acids is 1. The van der Waals surface area contributed by atoms with Gasteiger partial charge in [0, 0.05) is 38.0 Å². The highest BCUT2D eigenvalue weighted by Gasteiger charge is 2.06. The highest BCUT2D eigenvalue weighted by Crippen LogP contribution is 1.99. The first-order valence-corrected chi connectivity index (χ1v) is 6.51. The molecule has 0 aliphatic rings. The molecule has 2 aromatic heterocycles. The SMILES string of the molecule is Cn1ccc(CCNC(=O)c2ccc(C#CCO)cn2)n1. The summed E-state index contributed by atoms with van der Waals surface area (Å²) in [5, 5.41) is 15.6. The Morgan fingerprint density at radius 1 is 1.43 bits per heavy atom. The number of hydrogen-bond donors (Lipinski definition) is 2. The van der Waals surface area contributed by atoms with Crippen LogP contribution in [0.1, 0.15) is 21.7 Å². The number of rotatable bonds is 4. The molecule has 0 aliphatic carbocycles. The summed E-state index contributed by atoms with van der Waals surface area (Å²) in [6.45, 7) is 0.305. The molecule has 0 unspecified atom stereocenters. The van der Waals surface area contributed by atoms with Gasteiger partial charge in [-0.15, -0.1) is 0 Å². The van der Waals surface area contributed by atoms with E-state index in [-0.39, 0.29) is 12.5 Å². The van der Waals surface area contributed by atoms with Gasteiger partial charge in [-0.2, -0.15) is 5.10 Å². The first kappa shape index (κ1) is 14.8. The zero-order valence-corrected chi connectivity index (χ0v) is 11.7. The summed E-state index contributed by atoms with van der Waals surface area (Å²) in [6, 6.07) is 5.22. The van der Waals surface area contributed by atoms with Crippen LogP contribution in [-0.4, -0.2) is 38.9 Å². The van der Waals surface area contributed by atoms with Gasteiger partial charge in [0.2, 0.25) is 0 Å². The van der Waals surface area contributed by atoms with Crippen molar-refractivity contribution in [3.05, 3.63) is 47.5 Å². The maximum absolute atomic E-state index is 11.9. The lowest BCUT2D eigenvalue weighted by Crippen LogP contribution is -2.26. The summed E-state index contributed by atoms with van der Waals surface area (Å²) < 4.78 is 1.73. The second-order valence-corrected chi connectivity index (χ2v) is 4.38. The highest BCUT2D eigenvalue weighted by molar-refractivity contribution is 5.92. The highest BCUT2D eigenvalue weighted by atomic mass is 16.2. The van der Waals surface area contributed by atoms with Gasteiger partial charge in [0.1, 0.15) is 12.3 Å². The van der Waals surface area contributed by atoms with E-state index in [9.17, 15) is 4.79 Å². The molecule has 0 bridgehead atoms. The van der Waals surface area contributed by atoms with Gasteiger partial charge in [-0.1, -0.05) is 11.8 Å². The van der Waals surface area contributed by atoms with Crippen molar-refractivity contribution >= 4 is 5.91 Å². The number of carbonyl (C=O) groups is 1. The molecule has 0 radical (unpaired) electrons. The zero-order valence-electron chi connectivity index (χ0n) is 11.7. The van der Waals surface area contributed by atoms with E-state index in [0.717, 1.165) is 5.69 Å². The summed E-state index contributed by atoms with van der Waals surface area (Å²) in [7, 11) is 1.85. The van der Waals surface area contributed by atoms with Crippen LogP contribution < -0.4 is 5.32 Å². The van der Waals surface area contributed by atoms with E-state index in [0.29, 0.717) is 24.2 Å². The van der Waals surface area contributed by atoms with Crippen LogP contribution in [0.4, 0.5) is 0 Å². The fraction of sp³-hybridized carbons (Fsp3) is 0.267. The smallest absolute Gasteiger partial charge is 0.269 e. The van der Waals surface area contributed by atoms with Crippen molar-refractivity contribution in [2.24, 2.45) is 7.05 Å². The number of hydrogen-bond acceptors (Lipinski definition) is 4. The molecule has 6 nitrogen and oxygen atoms in total. The molecule has 0 saturated carbocycles. The quantitative estimate of drug-likeness (QED) is 0.782. The average Bonchev–Trinajstić information content (AvgIpc) is 2.91. The van der Waals surface area contributed by atoms with Crippen molar-refractivity contribution in [2.45, 2.75) is 6.42 Å².